The Bertz CT molecular complexity index is 996. The Hall–Kier alpha value is -2.79. The summed E-state index contributed by atoms with van der Waals surface area (Å²) in [4.78, 5) is 43.8. The van der Waals surface area contributed by atoms with Gasteiger partial charge < -0.3 is 0 Å². The van der Waals surface area contributed by atoms with Crippen LogP contribution in [0, 0.1) is 25.7 Å². The summed E-state index contributed by atoms with van der Waals surface area (Å²) in [5.74, 6) is -1.45. The molecule has 3 heterocycles. The first kappa shape index (κ1) is 18.3. The summed E-state index contributed by atoms with van der Waals surface area (Å²) in [6, 6.07) is 14.3. The maximum Gasteiger partial charge on any atom is 0.239 e. The zero-order valence-electron chi connectivity index (χ0n) is 16.7. The molecule has 148 valence electrons. The molecule has 0 aliphatic carbocycles. The summed E-state index contributed by atoms with van der Waals surface area (Å²) in [5.41, 5.74) is 3.25. The van der Waals surface area contributed by atoms with Gasteiger partial charge in [0.05, 0.1) is 23.6 Å². The van der Waals surface area contributed by atoms with E-state index in [1.54, 1.807) is 12.1 Å². The zero-order chi connectivity index (χ0) is 20.3. The molecule has 0 bridgehead atoms. The third-order valence-electron chi connectivity index (χ3n) is 6.64. The first-order valence-electron chi connectivity index (χ1n) is 10.3. The molecule has 2 aromatic carbocycles. The summed E-state index contributed by atoms with van der Waals surface area (Å²) in [6.07, 6.45) is 1.82. The minimum absolute atomic E-state index is 0.0231. The first-order chi connectivity index (χ1) is 14.0. The van der Waals surface area contributed by atoms with E-state index in [-0.39, 0.29) is 23.6 Å². The molecule has 5 rings (SSSR count). The van der Waals surface area contributed by atoms with Crippen molar-refractivity contribution in [2.24, 2.45) is 11.8 Å². The maximum atomic E-state index is 13.5. The third-order valence-corrected chi connectivity index (χ3v) is 6.64. The number of rotatable bonds is 3. The van der Waals surface area contributed by atoms with Gasteiger partial charge in [-0.25, -0.2) is 4.90 Å². The number of benzene rings is 2. The van der Waals surface area contributed by atoms with E-state index in [9.17, 15) is 14.4 Å². The quantitative estimate of drug-likeness (QED) is 0.599. The first-order valence-corrected chi connectivity index (χ1v) is 10.3. The molecular formula is C24H24N2O3. The van der Waals surface area contributed by atoms with Crippen LogP contribution in [-0.4, -0.2) is 41.1 Å². The second kappa shape index (κ2) is 6.63. The van der Waals surface area contributed by atoms with Gasteiger partial charge in [0.25, 0.3) is 0 Å². The molecule has 0 unspecified atom stereocenters. The van der Waals surface area contributed by atoms with Gasteiger partial charge in [-0.2, -0.15) is 0 Å². The number of aryl methyl sites for hydroxylation is 2. The highest BCUT2D eigenvalue weighted by atomic mass is 16.2. The van der Waals surface area contributed by atoms with Crippen molar-refractivity contribution in [3.05, 3.63) is 65.2 Å². The number of fused-ring (bicyclic) bond motifs is 3. The SMILES string of the molecule is Cc1cc(C)cc(N2C(=O)[C@@H]3[C@@H](C2=O)[C@@H]2CCCN2[C@@H]3C(=O)c2ccccc2)c1. The summed E-state index contributed by atoms with van der Waals surface area (Å²) in [6.45, 7) is 4.69. The Morgan fingerprint density at radius 2 is 1.59 bits per heavy atom. The maximum absolute atomic E-state index is 13.5. The van der Waals surface area contributed by atoms with E-state index >= 15 is 0 Å². The predicted octanol–water partition coefficient (Wildman–Crippen LogP) is 3.14. The molecule has 5 nitrogen and oxygen atoms in total. The molecular weight excluding hydrogens is 364 g/mol. The molecule has 3 aliphatic heterocycles. The van der Waals surface area contributed by atoms with Crippen LogP contribution in [0.4, 0.5) is 5.69 Å². The molecule has 3 saturated heterocycles. The van der Waals surface area contributed by atoms with Crippen molar-refractivity contribution < 1.29 is 14.4 Å². The van der Waals surface area contributed by atoms with E-state index in [0.29, 0.717) is 11.3 Å². The molecule has 5 heteroatoms. The Kier molecular flexibility index (Phi) is 4.17. The van der Waals surface area contributed by atoms with Gasteiger partial charge in [0.15, 0.2) is 5.78 Å². The Morgan fingerprint density at radius 3 is 2.28 bits per heavy atom. The van der Waals surface area contributed by atoms with Crippen LogP contribution in [0.1, 0.15) is 34.3 Å². The van der Waals surface area contributed by atoms with Crippen molar-refractivity contribution >= 4 is 23.3 Å². The van der Waals surface area contributed by atoms with Crippen LogP contribution >= 0.6 is 0 Å². The van der Waals surface area contributed by atoms with Crippen molar-refractivity contribution in [3.63, 3.8) is 0 Å². The number of imide groups is 1. The second-order valence-electron chi connectivity index (χ2n) is 8.53. The number of carbonyl (C=O) groups excluding carboxylic acids is 3. The van der Waals surface area contributed by atoms with Crippen LogP contribution in [0.2, 0.25) is 0 Å². The fraction of sp³-hybridized carbons (Fsp3) is 0.375. The highest BCUT2D eigenvalue weighted by molar-refractivity contribution is 6.24. The third kappa shape index (κ3) is 2.68. The monoisotopic (exact) mass is 388 g/mol. The van der Waals surface area contributed by atoms with Crippen molar-refractivity contribution in [1.29, 1.82) is 0 Å². The molecule has 0 N–H and O–H groups in total. The van der Waals surface area contributed by atoms with Gasteiger partial charge >= 0.3 is 0 Å². The smallest absolute Gasteiger partial charge is 0.239 e. The lowest BCUT2D eigenvalue weighted by Crippen LogP contribution is -2.46. The summed E-state index contributed by atoms with van der Waals surface area (Å²) in [5, 5.41) is 0. The van der Waals surface area contributed by atoms with Gasteiger partial charge in [0.2, 0.25) is 11.8 Å². The number of hydrogen-bond donors (Lipinski definition) is 0. The van der Waals surface area contributed by atoms with E-state index in [0.717, 1.165) is 30.5 Å². The van der Waals surface area contributed by atoms with Gasteiger partial charge in [-0.05, 0) is 56.5 Å². The van der Waals surface area contributed by atoms with Gasteiger partial charge in [0.1, 0.15) is 0 Å². The lowest BCUT2D eigenvalue weighted by Gasteiger charge is -2.27. The average Bonchev–Trinajstić information content (AvgIpc) is 3.33. The van der Waals surface area contributed by atoms with Crippen LogP contribution in [-0.2, 0) is 9.59 Å². The summed E-state index contributed by atoms with van der Waals surface area (Å²) in [7, 11) is 0. The predicted molar refractivity (Wildman–Crippen MR) is 110 cm³/mol. The number of anilines is 1. The standard InChI is InChI=1S/C24H24N2O3/c1-14-11-15(2)13-17(12-14)26-23(28)19-18-9-6-10-25(18)21(20(19)24(26)29)22(27)16-7-4-3-5-8-16/h3-5,7-8,11-13,18-21H,6,9-10H2,1-2H3/t18-,19-,20+,21-/m0/s1. The molecule has 3 fully saturated rings. The number of carbonyl (C=O) groups is 3. The summed E-state index contributed by atoms with van der Waals surface area (Å²) >= 11 is 0. The van der Waals surface area contributed by atoms with E-state index in [2.05, 4.69) is 4.90 Å². The topological polar surface area (TPSA) is 57.7 Å². The molecule has 4 atom stereocenters. The molecule has 0 spiro atoms. The molecule has 0 aromatic heterocycles. The molecule has 0 radical (unpaired) electrons. The number of ketones is 1. The summed E-state index contributed by atoms with van der Waals surface area (Å²) < 4.78 is 0. The Morgan fingerprint density at radius 1 is 0.931 bits per heavy atom. The van der Waals surface area contributed by atoms with Crippen molar-refractivity contribution in [1.82, 2.24) is 4.90 Å². The van der Waals surface area contributed by atoms with Crippen LogP contribution in [0.15, 0.2) is 48.5 Å². The normalized spacial score (nSPS) is 28.7. The van der Waals surface area contributed by atoms with Gasteiger partial charge in [-0.3, -0.25) is 19.3 Å². The lowest BCUT2D eigenvalue weighted by molar-refractivity contribution is -0.123. The van der Waals surface area contributed by atoms with Crippen LogP contribution in [0.5, 0.6) is 0 Å². The largest absolute Gasteiger partial charge is 0.292 e. The van der Waals surface area contributed by atoms with E-state index in [1.807, 2.05) is 50.2 Å². The van der Waals surface area contributed by atoms with Gasteiger partial charge in [-0.15, -0.1) is 0 Å². The number of amides is 2. The highest BCUT2D eigenvalue weighted by Crippen LogP contribution is 2.48. The van der Waals surface area contributed by atoms with Crippen molar-refractivity contribution in [2.45, 2.75) is 38.8 Å². The Balaban J connectivity index is 1.57. The number of nitrogens with zero attached hydrogens (tertiary/aromatic N) is 2. The molecule has 2 aromatic rings. The zero-order valence-corrected chi connectivity index (χ0v) is 16.7. The minimum atomic E-state index is -0.596. The van der Waals surface area contributed by atoms with Crippen LogP contribution < -0.4 is 4.90 Å². The Labute approximate surface area is 170 Å². The molecule has 29 heavy (non-hydrogen) atoms. The highest BCUT2D eigenvalue weighted by Gasteiger charge is 2.64. The number of Topliss-reactive ketones (excluding diaryl/α,β-unsaturated/α-hetero) is 1. The van der Waals surface area contributed by atoms with Gasteiger partial charge in [-0.1, -0.05) is 36.4 Å². The minimum Gasteiger partial charge on any atom is -0.292 e. The molecule has 0 saturated carbocycles. The van der Waals surface area contributed by atoms with Crippen molar-refractivity contribution in [3.8, 4) is 0 Å². The lowest BCUT2D eigenvalue weighted by atomic mass is 9.85. The van der Waals surface area contributed by atoms with E-state index < -0.39 is 17.9 Å². The van der Waals surface area contributed by atoms with E-state index in [1.165, 1.54) is 4.90 Å². The molecule has 3 aliphatic rings. The fourth-order valence-corrected chi connectivity index (χ4v) is 5.62. The number of hydrogen-bond acceptors (Lipinski definition) is 4. The second-order valence-corrected chi connectivity index (χ2v) is 8.53. The van der Waals surface area contributed by atoms with Crippen LogP contribution in [0.3, 0.4) is 0 Å². The van der Waals surface area contributed by atoms with Crippen molar-refractivity contribution in [2.75, 3.05) is 11.4 Å². The van der Waals surface area contributed by atoms with Gasteiger partial charge in [0, 0.05) is 11.6 Å². The van der Waals surface area contributed by atoms with Crippen LogP contribution in [0.25, 0.3) is 0 Å². The average molecular weight is 388 g/mol. The fourth-order valence-electron chi connectivity index (χ4n) is 5.62. The van der Waals surface area contributed by atoms with E-state index in [4.69, 9.17) is 0 Å². The molecule has 2 amide bonds.